The molecule has 0 heterocycles. The number of amides is 2. The number of carbonyl (C=O) groups excluding carboxylic acids is 2. The van der Waals surface area contributed by atoms with Gasteiger partial charge in [0.1, 0.15) is 17.4 Å². The third-order valence-electron chi connectivity index (χ3n) is 2.59. The molecule has 0 atom stereocenters. The number of nitrogens with one attached hydrogen (secondary N) is 2. The van der Waals surface area contributed by atoms with Gasteiger partial charge in [-0.15, -0.1) is 0 Å². The summed E-state index contributed by atoms with van der Waals surface area (Å²) in [6.07, 6.45) is 0. The van der Waals surface area contributed by atoms with Crippen molar-refractivity contribution in [3.05, 3.63) is 53.1 Å². The van der Waals surface area contributed by atoms with Gasteiger partial charge in [0.25, 0.3) is 0 Å². The summed E-state index contributed by atoms with van der Waals surface area (Å²) in [5.74, 6) is -4.47. The highest BCUT2D eigenvalue weighted by molar-refractivity contribution is 6.44. The van der Waals surface area contributed by atoms with Crippen molar-refractivity contribution in [2.45, 2.75) is 0 Å². The number of benzene rings is 2. The van der Waals surface area contributed by atoms with E-state index in [1.807, 2.05) is 5.32 Å². The van der Waals surface area contributed by atoms with Crippen LogP contribution in [0.4, 0.5) is 20.2 Å². The Morgan fingerprint density at radius 3 is 2.23 bits per heavy atom. The molecule has 0 aliphatic carbocycles. The molecule has 5 nitrogen and oxygen atoms in total. The van der Waals surface area contributed by atoms with Crippen LogP contribution in [0.25, 0.3) is 0 Å². The van der Waals surface area contributed by atoms with E-state index in [1.54, 1.807) is 0 Å². The molecule has 0 bridgehead atoms. The molecule has 0 aliphatic rings. The number of anilines is 2. The molecule has 8 heteroatoms. The third-order valence-corrected chi connectivity index (χ3v) is 2.83. The predicted molar refractivity (Wildman–Crippen MR) is 76.7 cm³/mol. The molecule has 114 valence electrons. The van der Waals surface area contributed by atoms with Crippen LogP contribution in [0.2, 0.25) is 5.02 Å². The summed E-state index contributed by atoms with van der Waals surface area (Å²) < 4.78 is 26.1. The summed E-state index contributed by atoms with van der Waals surface area (Å²) in [7, 11) is 0. The molecule has 3 N–H and O–H groups in total. The normalized spacial score (nSPS) is 10.1. The highest BCUT2D eigenvalue weighted by Gasteiger charge is 2.17. The summed E-state index contributed by atoms with van der Waals surface area (Å²) in [6.45, 7) is 0. The molecular formula is C14H9ClF2N2O3. The standard InChI is InChI=1S/C14H9ClF2N2O3/c15-7-1-4-12(20)11(5-7)19-14(22)13(21)18-10-3-2-8(16)6-9(10)17/h1-6,20H,(H,18,21)(H,19,22). The van der Waals surface area contributed by atoms with Crippen molar-refractivity contribution in [1.82, 2.24) is 0 Å². The molecule has 0 saturated heterocycles. The van der Waals surface area contributed by atoms with Crippen LogP contribution in [0.15, 0.2) is 36.4 Å². The fourth-order valence-electron chi connectivity index (χ4n) is 1.56. The number of hydrogen-bond acceptors (Lipinski definition) is 3. The zero-order chi connectivity index (χ0) is 16.3. The number of hydrogen-bond donors (Lipinski definition) is 3. The van der Waals surface area contributed by atoms with E-state index in [9.17, 15) is 23.5 Å². The minimum Gasteiger partial charge on any atom is -0.506 e. The molecule has 2 aromatic carbocycles. The maximum atomic E-state index is 13.4. The van der Waals surface area contributed by atoms with Gasteiger partial charge in [0.2, 0.25) is 0 Å². The quantitative estimate of drug-likeness (QED) is 0.586. The second-order valence-electron chi connectivity index (χ2n) is 4.19. The summed E-state index contributed by atoms with van der Waals surface area (Å²) in [5.41, 5.74) is -0.427. The summed E-state index contributed by atoms with van der Waals surface area (Å²) in [5, 5.41) is 13.9. The van der Waals surface area contributed by atoms with Gasteiger partial charge < -0.3 is 15.7 Å². The maximum Gasteiger partial charge on any atom is 0.314 e. The van der Waals surface area contributed by atoms with Crippen LogP contribution in [-0.2, 0) is 9.59 Å². The lowest BCUT2D eigenvalue weighted by atomic mass is 10.2. The fourth-order valence-corrected chi connectivity index (χ4v) is 1.73. The van der Waals surface area contributed by atoms with Crippen LogP contribution in [-0.4, -0.2) is 16.9 Å². The van der Waals surface area contributed by atoms with Crippen LogP contribution in [0, 0.1) is 11.6 Å². The van der Waals surface area contributed by atoms with Gasteiger partial charge in [-0.05, 0) is 30.3 Å². The minimum atomic E-state index is -1.19. The van der Waals surface area contributed by atoms with Gasteiger partial charge in [-0.2, -0.15) is 0 Å². The molecule has 2 aromatic rings. The van der Waals surface area contributed by atoms with Crippen molar-refractivity contribution in [3.63, 3.8) is 0 Å². The number of rotatable bonds is 2. The van der Waals surface area contributed by atoms with Crippen LogP contribution in [0.3, 0.4) is 0 Å². The topological polar surface area (TPSA) is 78.4 Å². The number of phenols is 1. The maximum absolute atomic E-state index is 13.4. The van der Waals surface area contributed by atoms with Gasteiger partial charge in [0.05, 0.1) is 11.4 Å². The molecule has 0 fully saturated rings. The summed E-state index contributed by atoms with van der Waals surface area (Å²) in [6, 6.07) is 6.33. The van der Waals surface area contributed by atoms with Crippen LogP contribution >= 0.6 is 11.6 Å². The Morgan fingerprint density at radius 2 is 1.59 bits per heavy atom. The van der Waals surface area contributed by atoms with Crippen LogP contribution < -0.4 is 10.6 Å². The van der Waals surface area contributed by atoms with E-state index in [4.69, 9.17) is 11.6 Å². The second kappa shape index (κ2) is 6.40. The molecule has 0 saturated carbocycles. The van der Waals surface area contributed by atoms with Gasteiger partial charge in [-0.1, -0.05) is 11.6 Å². The van der Waals surface area contributed by atoms with E-state index in [2.05, 4.69) is 5.32 Å². The van der Waals surface area contributed by atoms with Crippen molar-refractivity contribution >= 4 is 34.8 Å². The molecular weight excluding hydrogens is 318 g/mol. The average Bonchev–Trinajstić information content (AvgIpc) is 2.45. The third kappa shape index (κ3) is 3.70. The number of carbonyl (C=O) groups is 2. The van der Waals surface area contributed by atoms with Gasteiger partial charge >= 0.3 is 11.8 Å². The van der Waals surface area contributed by atoms with Crippen LogP contribution in [0.1, 0.15) is 0 Å². The highest BCUT2D eigenvalue weighted by Crippen LogP contribution is 2.26. The second-order valence-corrected chi connectivity index (χ2v) is 4.63. The monoisotopic (exact) mass is 326 g/mol. The minimum absolute atomic E-state index is 0.0766. The smallest absolute Gasteiger partial charge is 0.314 e. The SMILES string of the molecule is O=C(Nc1cc(Cl)ccc1O)C(=O)Nc1ccc(F)cc1F. The van der Waals surface area contributed by atoms with E-state index in [0.717, 1.165) is 12.1 Å². The molecule has 0 aliphatic heterocycles. The first kappa shape index (κ1) is 15.7. The van der Waals surface area contributed by atoms with Gasteiger partial charge in [-0.3, -0.25) is 9.59 Å². The summed E-state index contributed by atoms with van der Waals surface area (Å²) >= 11 is 5.70. The lowest BCUT2D eigenvalue weighted by Crippen LogP contribution is -2.29. The lowest BCUT2D eigenvalue weighted by molar-refractivity contribution is -0.133. The first-order chi connectivity index (χ1) is 10.4. The van der Waals surface area contributed by atoms with E-state index in [-0.39, 0.29) is 22.1 Å². The number of phenolic OH excluding ortho intramolecular Hbond substituents is 1. The first-order valence-corrected chi connectivity index (χ1v) is 6.30. The van der Waals surface area contributed by atoms with Gasteiger partial charge in [0.15, 0.2) is 0 Å². The average molecular weight is 327 g/mol. The number of halogens is 3. The molecule has 22 heavy (non-hydrogen) atoms. The Hall–Kier alpha value is -2.67. The Kier molecular flexibility index (Phi) is 4.57. The molecule has 0 unspecified atom stereocenters. The Morgan fingerprint density at radius 1 is 0.955 bits per heavy atom. The van der Waals surface area contributed by atoms with Crippen molar-refractivity contribution in [2.75, 3.05) is 10.6 Å². The zero-order valence-electron chi connectivity index (χ0n) is 10.9. The fraction of sp³-hybridized carbons (Fsp3) is 0. The molecule has 2 amide bonds. The lowest BCUT2D eigenvalue weighted by Gasteiger charge is -2.09. The van der Waals surface area contributed by atoms with E-state index in [0.29, 0.717) is 6.07 Å². The van der Waals surface area contributed by atoms with Crippen LogP contribution in [0.5, 0.6) is 5.75 Å². The zero-order valence-corrected chi connectivity index (χ0v) is 11.6. The number of aromatic hydroxyl groups is 1. The van der Waals surface area contributed by atoms with Crippen molar-refractivity contribution in [1.29, 1.82) is 0 Å². The van der Waals surface area contributed by atoms with Gasteiger partial charge in [-0.25, -0.2) is 8.78 Å². The Labute approximate surface area is 128 Å². The Bertz CT molecular complexity index is 753. The summed E-state index contributed by atoms with van der Waals surface area (Å²) in [4.78, 5) is 23.3. The predicted octanol–water partition coefficient (Wildman–Crippen LogP) is 2.90. The highest BCUT2D eigenvalue weighted by atomic mass is 35.5. The van der Waals surface area contributed by atoms with E-state index >= 15 is 0 Å². The molecule has 2 rings (SSSR count). The molecule has 0 radical (unpaired) electrons. The molecule has 0 spiro atoms. The first-order valence-electron chi connectivity index (χ1n) is 5.92. The van der Waals surface area contributed by atoms with E-state index in [1.165, 1.54) is 18.2 Å². The largest absolute Gasteiger partial charge is 0.506 e. The van der Waals surface area contributed by atoms with Gasteiger partial charge in [0, 0.05) is 11.1 Å². The van der Waals surface area contributed by atoms with E-state index < -0.39 is 23.4 Å². The van der Waals surface area contributed by atoms with Crippen molar-refractivity contribution in [3.8, 4) is 5.75 Å². The van der Waals surface area contributed by atoms with Crippen molar-refractivity contribution in [2.24, 2.45) is 0 Å². The van der Waals surface area contributed by atoms with Crippen molar-refractivity contribution < 1.29 is 23.5 Å². The Balaban J connectivity index is 2.09. The molecule has 0 aromatic heterocycles.